The molecule has 2 amide bonds. The van der Waals surface area contributed by atoms with E-state index in [4.69, 9.17) is 4.74 Å². The number of amides is 2. The summed E-state index contributed by atoms with van der Waals surface area (Å²) in [7, 11) is 0. The summed E-state index contributed by atoms with van der Waals surface area (Å²) in [5.74, 6) is 0.0653. The largest absolute Gasteiger partial charge is 0.489 e. The van der Waals surface area contributed by atoms with E-state index in [-0.39, 0.29) is 42.1 Å². The fourth-order valence-electron chi connectivity index (χ4n) is 4.73. The van der Waals surface area contributed by atoms with Crippen molar-refractivity contribution >= 4 is 18.0 Å². The molecular formula is C24H19N3O3. The van der Waals surface area contributed by atoms with Gasteiger partial charge < -0.3 is 4.74 Å². The molecule has 2 bridgehead atoms. The van der Waals surface area contributed by atoms with Crippen LogP contribution in [0.5, 0.6) is 5.75 Å². The van der Waals surface area contributed by atoms with Gasteiger partial charge in [0.15, 0.2) is 0 Å². The first-order valence-electron chi connectivity index (χ1n) is 9.96. The number of allylic oxidation sites excluding steroid dienone is 2. The number of fused-ring (bicyclic) bond motifs is 5. The molecule has 0 spiro atoms. The molecule has 1 saturated carbocycles. The molecule has 2 aliphatic carbocycles. The van der Waals surface area contributed by atoms with Crippen LogP contribution in [-0.2, 0) is 16.2 Å². The Bertz CT molecular complexity index is 1100. The molecule has 3 aliphatic rings. The molecule has 30 heavy (non-hydrogen) atoms. The molecule has 2 fully saturated rings. The number of hydrogen-bond donors (Lipinski definition) is 0. The van der Waals surface area contributed by atoms with Crippen molar-refractivity contribution in [3.05, 3.63) is 77.4 Å². The Morgan fingerprint density at radius 1 is 1.07 bits per heavy atom. The molecule has 1 aliphatic heterocycles. The summed E-state index contributed by atoms with van der Waals surface area (Å²) < 4.78 is 5.82. The van der Waals surface area contributed by atoms with E-state index in [0.29, 0.717) is 11.3 Å². The minimum Gasteiger partial charge on any atom is -0.489 e. The highest BCUT2D eigenvalue weighted by Gasteiger charge is 2.59. The van der Waals surface area contributed by atoms with Gasteiger partial charge in [-0.25, -0.2) is 0 Å². The van der Waals surface area contributed by atoms with Crippen LogP contribution in [0.3, 0.4) is 0 Å². The summed E-state index contributed by atoms with van der Waals surface area (Å²) in [4.78, 5) is 25.4. The van der Waals surface area contributed by atoms with Gasteiger partial charge in [-0.15, -0.1) is 0 Å². The number of carbonyl (C=O) groups is 2. The van der Waals surface area contributed by atoms with Crippen LogP contribution in [0.15, 0.2) is 65.8 Å². The van der Waals surface area contributed by atoms with Gasteiger partial charge in [-0.2, -0.15) is 15.4 Å². The van der Waals surface area contributed by atoms with E-state index in [2.05, 4.69) is 23.3 Å². The van der Waals surface area contributed by atoms with Gasteiger partial charge in [-0.3, -0.25) is 9.59 Å². The molecule has 2 aromatic rings. The van der Waals surface area contributed by atoms with Gasteiger partial charge in [-0.05, 0) is 42.0 Å². The smallest absolute Gasteiger partial charge is 0.254 e. The molecule has 6 nitrogen and oxygen atoms in total. The summed E-state index contributed by atoms with van der Waals surface area (Å²) in [6, 6.07) is 16.7. The van der Waals surface area contributed by atoms with Gasteiger partial charge in [0.1, 0.15) is 12.4 Å². The molecule has 5 rings (SSSR count). The van der Waals surface area contributed by atoms with Crippen LogP contribution in [0.25, 0.3) is 0 Å². The fourth-order valence-corrected chi connectivity index (χ4v) is 4.73. The van der Waals surface area contributed by atoms with Gasteiger partial charge in [0, 0.05) is 5.56 Å². The first kappa shape index (κ1) is 18.3. The zero-order chi connectivity index (χ0) is 20.7. The van der Waals surface area contributed by atoms with E-state index in [9.17, 15) is 14.9 Å². The van der Waals surface area contributed by atoms with Gasteiger partial charge in [0.25, 0.3) is 11.8 Å². The second-order valence-corrected chi connectivity index (χ2v) is 7.86. The average Bonchev–Trinajstić information content (AvgIpc) is 3.45. The Kier molecular flexibility index (Phi) is 4.44. The lowest BCUT2D eigenvalue weighted by atomic mass is 9.85. The number of benzene rings is 2. The van der Waals surface area contributed by atoms with Crippen LogP contribution < -0.4 is 4.74 Å². The van der Waals surface area contributed by atoms with Crippen LogP contribution in [0.2, 0.25) is 0 Å². The Morgan fingerprint density at radius 3 is 2.53 bits per heavy atom. The maximum atomic E-state index is 12.7. The second kappa shape index (κ2) is 7.27. The standard InChI is InChI=1S/C24H19N3O3/c25-12-18-5-1-2-6-19(18)14-30-20-7-3-4-15(10-20)13-26-27-23(28)21-16-8-9-17(11-16)22(21)24(27)29/h1-10,13,16-17,21-22H,11,14H2/t16-,17-,21-,22+/m0/s1. The fraction of sp³-hybridized carbons (Fsp3) is 0.250. The first-order chi connectivity index (χ1) is 14.7. The lowest BCUT2D eigenvalue weighted by Crippen LogP contribution is -2.28. The number of ether oxygens (including phenoxy) is 1. The molecule has 6 heteroatoms. The van der Waals surface area contributed by atoms with Gasteiger partial charge in [-0.1, -0.05) is 42.5 Å². The minimum absolute atomic E-state index is 0.171. The molecule has 0 unspecified atom stereocenters. The van der Waals surface area contributed by atoms with Gasteiger partial charge in [0.2, 0.25) is 0 Å². The number of nitrogens with zero attached hydrogens (tertiary/aromatic N) is 3. The van der Waals surface area contributed by atoms with E-state index in [0.717, 1.165) is 22.6 Å². The number of hydrogen-bond acceptors (Lipinski definition) is 5. The summed E-state index contributed by atoms with van der Waals surface area (Å²) in [6.45, 7) is 0.270. The summed E-state index contributed by atoms with van der Waals surface area (Å²) in [5.41, 5.74) is 2.11. The van der Waals surface area contributed by atoms with Crippen LogP contribution in [-0.4, -0.2) is 23.0 Å². The van der Waals surface area contributed by atoms with Crippen molar-refractivity contribution in [3.8, 4) is 11.8 Å². The number of rotatable bonds is 5. The summed E-state index contributed by atoms with van der Waals surface area (Å²) in [6.07, 6.45) is 6.55. The van der Waals surface area contributed by atoms with Gasteiger partial charge in [0.05, 0.1) is 29.7 Å². The molecule has 4 atom stereocenters. The number of imide groups is 1. The predicted molar refractivity (Wildman–Crippen MR) is 109 cm³/mol. The van der Waals surface area contributed by atoms with Crippen molar-refractivity contribution in [3.63, 3.8) is 0 Å². The molecule has 0 N–H and O–H groups in total. The summed E-state index contributed by atoms with van der Waals surface area (Å²) >= 11 is 0. The Hall–Kier alpha value is -3.72. The third kappa shape index (κ3) is 3.00. The van der Waals surface area contributed by atoms with E-state index >= 15 is 0 Å². The normalized spacial score (nSPS) is 26.4. The highest BCUT2D eigenvalue weighted by atomic mass is 16.5. The quantitative estimate of drug-likeness (QED) is 0.440. The zero-order valence-corrected chi connectivity index (χ0v) is 16.1. The van der Waals surface area contributed by atoms with Gasteiger partial charge >= 0.3 is 0 Å². The second-order valence-electron chi connectivity index (χ2n) is 7.86. The highest BCUT2D eigenvalue weighted by Crippen LogP contribution is 2.52. The lowest BCUT2D eigenvalue weighted by Gasteiger charge is -2.13. The minimum atomic E-state index is -0.250. The maximum Gasteiger partial charge on any atom is 0.254 e. The van der Waals surface area contributed by atoms with E-state index in [1.807, 2.05) is 36.4 Å². The molecule has 0 aromatic heterocycles. The van der Waals surface area contributed by atoms with Crippen LogP contribution in [0.1, 0.15) is 23.1 Å². The number of nitriles is 1. The predicted octanol–water partition coefficient (Wildman–Crippen LogP) is 3.28. The lowest BCUT2D eigenvalue weighted by molar-refractivity contribution is -0.140. The molecule has 148 valence electrons. The zero-order valence-electron chi connectivity index (χ0n) is 16.1. The van der Waals surface area contributed by atoms with E-state index in [1.165, 1.54) is 6.21 Å². The average molecular weight is 397 g/mol. The molecule has 1 heterocycles. The molecule has 1 saturated heterocycles. The van der Waals surface area contributed by atoms with Crippen molar-refractivity contribution in [2.24, 2.45) is 28.8 Å². The highest BCUT2D eigenvalue weighted by molar-refractivity contribution is 6.06. The summed E-state index contributed by atoms with van der Waals surface area (Å²) in [5, 5.41) is 14.4. The Morgan fingerprint density at radius 2 is 1.80 bits per heavy atom. The van der Waals surface area contributed by atoms with Crippen LogP contribution >= 0.6 is 0 Å². The Labute approximate surface area is 174 Å². The molecule has 2 aromatic carbocycles. The molecular weight excluding hydrogens is 378 g/mol. The van der Waals surface area contributed by atoms with E-state index < -0.39 is 0 Å². The maximum absolute atomic E-state index is 12.7. The first-order valence-corrected chi connectivity index (χ1v) is 9.96. The SMILES string of the molecule is N#Cc1ccccc1COc1cccc(C=NN2C(=O)[C@@H]3[C@H](C2=O)[C@H]2C=C[C@H]3C2)c1. The van der Waals surface area contributed by atoms with Crippen molar-refractivity contribution in [1.29, 1.82) is 5.26 Å². The van der Waals surface area contributed by atoms with Crippen molar-refractivity contribution in [2.75, 3.05) is 0 Å². The van der Waals surface area contributed by atoms with Crippen LogP contribution in [0, 0.1) is 35.0 Å². The number of hydrazone groups is 1. The topological polar surface area (TPSA) is 82.8 Å². The third-order valence-electron chi connectivity index (χ3n) is 6.16. The number of carbonyl (C=O) groups excluding carboxylic acids is 2. The van der Waals surface area contributed by atoms with Crippen molar-refractivity contribution < 1.29 is 14.3 Å². The monoisotopic (exact) mass is 397 g/mol. The van der Waals surface area contributed by atoms with E-state index in [1.54, 1.807) is 12.1 Å². The third-order valence-corrected chi connectivity index (χ3v) is 6.16. The molecule has 0 radical (unpaired) electrons. The van der Waals surface area contributed by atoms with Crippen LogP contribution in [0.4, 0.5) is 0 Å². The Balaban J connectivity index is 1.28. The van der Waals surface area contributed by atoms with Crippen molar-refractivity contribution in [1.82, 2.24) is 5.01 Å². The van der Waals surface area contributed by atoms with Crippen molar-refractivity contribution in [2.45, 2.75) is 13.0 Å².